The molecule has 5 aliphatic carbocycles. The Kier molecular flexibility index (Phi) is 5.05. The summed E-state index contributed by atoms with van der Waals surface area (Å²) >= 11 is 0. The van der Waals surface area contributed by atoms with E-state index in [9.17, 15) is 5.26 Å². The third kappa shape index (κ3) is 2.86. The van der Waals surface area contributed by atoms with Crippen LogP contribution in [-0.4, -0.2) is 18.2 Å². The molecule has 0 N–H and O–H groups in total. The van der Waals surface area contributed by atoms with Crippen LogP contribution in [0.15, 0.2) is 18.3 Å². The van der Waals surface area contributed by atoms with Crippen LogP contribution in [0, 0.1) is 63.1 Å². The van der Waals surface area contributed by atoms with Gasteiger partial charge in [0.25, 0.3) is 0 Å². The predicted molar refractivity (Wildman–Crippen MR) is 130 cm³/mol. The molecule has 5 aliphatic rings. The molecule has 0 aromatic carbocycles. The second kappa shape index (κ2) is 7.55. The van der Waals surface area contributed by atoms with Crippen molar-refractivity contribution in [3.63, 3.8) is 0 Å². The SMILES string of the molecule is COC1C[C@H]2[C@@H]3CC[C@H](C(C)CCc4ncccc4C#N)[C@@]3(C)CC[C@@H]2[C@@]2(C)CC[C@@H]3C[C@]132. The first-order valence-corrected chi connectivity index (χ1v) is 13.8. The molecule has 178 valence electrons. The van der Waals surface area contributed by atoms with E-state index in [2.05, 4.69) is 31.8 Å². The number of nitrogens with zero attached hydrogens (tertiary/aromatic N) is 2. The number of ether oxygens (including phenoxy) is 1. The molecule has 1 heterocycles. The molecule has 0 aliphatic heterocycles. The first-order chi connectivity index (χ1) is 15.9. The topological polar surface area (TPSA) is 45.9 Å². The summed E-state index contributed by atoms with van der Waals surface area (Å²) in [5.41, 5.74) is 3.28. The summed E-state index contributed by atoms with van der Waals surface area (Å²) in [6, 6.07) is 6.13. The number of aromatic nitrogens is 1. The Labute approximate surface area is 200 Å². The van der Waals surface area contributed by atoms with Gasteiger partial charge < -0.3 is 4.74 Å². The van der Waals surface area contributed by atoms with E-state index in [1.54, 1.807) is 0 Å². The average Bonchev–Trinajstić information content (AvgIpc) is 3.33. The molecule has 0 saturated heterocycles. The Balaban J connectivity index is 1.21. The number of rotatable bonds is 5. The Morgan fingerprint density at radius 2 is 2.03 bits per heavy atom. The van der Waals surface area contributed by atoms with Gasteiger partial charge in [0, 0.05) is 18.7 Å². The third-order valence-corrected chi connectivity index (χ3v) is 12.4. The van der Waals surface area contributed by atoms with Gasteiger partial charge in [-0.1, -0.05) is 20.8 Å². The quantitative estimate of drug-likeness (QED) is 0.499. The van der Waals surface area contributed by atoms with Gasteiger partial charge in [0.05, 0.1) is 17.4 Å². The van der Waals surface area contributed by atoms with Gasteiger partial charge in [0.1, 0.15) is 6.07 Å². The summed E-state index contributed by atoms with van der Waals surface area (Å²) in [5, 5.41) is 9.45. The van der Waals surface area contributed by atoms with Crippen LogP contribution in [0.4, 0.5) is 0 Å². The van der Waals surface area contributed by atoms with Crippen LogP contribution < -0.4 is 0 Å². The zero-order valence-electron chi connectivity index (χ0n) is 21.1. The lowest BCUT2D eigenvalue weighted by atomic mass is 9.45. The molecule has 1 aromatic heterocycles. The van der Waals surface area contributed by atoms with Gasteiger partial charge in [-0.2, -0.15) is 5.26 Å². The van der Waals surface area contributed by atoms with Gasteiger partial charge in [-0.05, 0) is 123 Å². The number of nitriles is 1. The Morgan fingerprint density at radius 1 is 1.18 bits per heavy atom. The second-order valence-electron chi connectivity index (χ2n) is 13.1. The van der Waals surface area contributed by atoms with Crippen molar-refractivity contribution in [2.24, 2.45) is 51.8 Å². The molecule has 6 rings (SSSR count). The molecule has 5 saturated carbocycles. The molecular formula is C30H42N2O. The van der Waals surface area contributed by atoms with Gasteiger partial charge in [-0.3, -0.25) is 4.98 Å². The van der Waals surface area contributed by atoms with Crippen molar-refractivity contribution in [3.05, 3.63) is 29.6 Å². The summed E-state index contributed by atoms with van der Waals surface area (Å²) in [4.78, 5) is 4.53. The maximum absolute atomic E-state index is 9.45. The Bertz CT molecular complexity index is 968. The highest BCUT2D eigenvalue weighted by Gasteiger charge is 2.77. The van der Waals surface area contributed by atoms with Crippen molar-refractivity contribution < 1.29 is 4.74 Å². The fraction of sp³-hybridized carbons (Fsp3) is 0.800. The minimum atomic E-state index is 0.476. The van der Waals surface area contributed by atoms with Crippen LogP contribution in [0.5, 0.6) is 0 Å². The molecular weight excluding hydrogens is 404 g/mol. The first-order valence-electron chi connectivity index (χ1n) is 13.8. The number of hydrogen-bond donors (Lipinski definition) is 0. The normalized spacial score (nSPS) is 48.2. The predicted octanol–water partition coefficient (Wildman–Crippen LogP) is 6.81. The molecule has 5 fully saturated rings. The number of pyridine rings is 1. The van der Waals surface area contributed by atoms with E-state index >= 15 is 0 Å². The molecule has 2 unspecified atom stereocenters. The largest absolute Gasteiger partial charge is 0.381 e. The van der Waals surface area contributed by atoms with Gasteiger partial charge >= 0.3 is 0 Å². The fourth-order valence-corrected chi connectivity index (χ4v) is 10.9. The fourth-order valence-electron chi connectivity index (χ4n) is 10.9. The van der Waals surface area contributed by atoms with Crippen LogP contribution in [0.2, 0.25) is 0 Å². The van der Waals surface area contributed by atoms with Crippen molar-refractivity contribution in [1.82, 2.24) is 4.98 Å². The molecule has 10 atom stereocenters. The minimum Gasteiger partial charge on any atom is -0.381 e. The average molecular weight is 447 g/mol. The summed E-state index contributed by atoms with van der Waals surface area (Å²) in [6.45, 7) is 7.83. The zero-order chi connectivity index (χ0) is 23.0. The Morgan fingerprint density at radius 3 is 2.79 bits per heavy atom. The van der Waals surface area contributed by atoms with E-state index in [4.69, 9.17) is 4.74 Å². The smallest absolute Gasteiger partial charge is 0.101 e. The van der Waals surface area contributed by atoms with E-state index in [1.807, 2.05) is 25.4 Å². The molecule has 0 bridgehead atoms. The van der Waals surface area contributed by atoms with Gasteiger partial charge in [0.15, 0.2) is 0 Å². The number of aryl methyl sites for hydroxylation is 1. The monoisotopic (exact) mass is 446 g/mol. The summed E-state index contributed by atoms with van der Waals surface area (Å²) in [5.74, 6) is 5.12. The lowest BCUT2D eigenvalue weighted by Gasteiger charge is -2.61. The van der Waals surface area contributed by atoms with Gasteiger partial charge in [-0.25, -0.2) is 0 Å². The standard InChI is InChI=1S/C30H42N2O/c1-19(7-10-26-20(18-31)6-5-15-32-26)23-8-9-24-22-16-27(33-4)30-17-21(30)11-14-29(30,3)25(22)12-13-28(23,24)2/h5-6,15,19,21-25,27H,7-14,16-17H2,1-4H3/t19?,21-,22+,23-,24+,25+,27?,28-,29-,30-/m1/s1. The highest BCUT2D eigenvalue weighted by atomic mass is 16.5. The van der Waals surface area contributed by atoms with E-state index in [0.29, 0.717) is 28.3 Å². The third-order valence-electron chi connectivity index (χ3n) is 12.4. The summed E-state index contributed by atoms with van der Waals surface area (Å²) in [7, 11) is 2.00. The van der Waals surface area contributed by atoms with Crippen molar-refractivity contribution in [2.75, 3.05) is 7.11 Å². The zero-order valence-corrected chi connectivity index (χ0v) is 21.1. The van der Waals surface area contributed by atoms with Crippen LogP contribution in [-0.2, 0) is 11.2 Å². The maximum Gasteiger partial charge on any atom is 0.101 e. The molecule has 0 amide bonds. The molecule has 33 heavy (non-hydrogen) atoms. The Hall–Kier alpha value is -1.40. The highest BCUT2D eigenvalue weighted by molar-refractivity contribution is 5.32. The first kappa shape index (κ1) is 22.1. The minimum absolute atomic E-state index is 0.476. The van der Waals surface area contributed by atoms with Crippen molar-refractivity contribution in [1.29, 1.82) is 5.26 Å². The van der Waals surface area contributed by atoms with Crippen LogP contribution >= 0.6 is 0 Å². The maximum atomic E-state index is 9.45. The van der Waals surface area contributed by atoms with E-state index < -0.39 is 0 Å². The van der Waals surface area contributed by atoms with Crippen molar-refractivity contribution in [3.8, 4) is 6.07 Å². The van der Waals surface area contributed by atoms with Crippen LogP contribution in [0.25, 0.3) is 0 Å². The van der Waals surface area contributed by atoms with E-state index in [1.165, 1.54) is 51.4 Å². The van der Waals surface area contributed by atoms with Gasteiger partial charge in [0.2, 0.25) is 0 Å². The van der Waals surface area contributed by atoms with Gasteiger partial charge in [-0.15, -0.1) is 0 Å². The number of hydrogen-bond acceptors (Lipinski definition) is 3. The van der Waals surface area contributed by atoms with Crippen molar-refractivity contribution >= 4 is 0 Å². The highest BCUT2D eigenvalue weighted by Crippen LogP contribution is 2.82. The molecule has 3 nitrogen and oxygen atoms in total. The molecule has 3 heteroatoms. The summed E-state index contributed by atoms with van der Waals surface area (Å²) < 4.78 is 6.30. The van der Waals surface area contributed by atoms with Crippen molar-refractivity contribution in [2.45, 2.75) is 91.1 Å². The lowest BCUT2D eigenvalue weighted by Crippen LogP contribution is -2.57. The molecule has 1 aromatic rings. The van der Waals surface area contributed by atoms with E-state index in [-0.39, 0.29) is 0 Å². The lowest BCUT2D eigenvalue weighted by molar-refractivity contribution is -0.161. The summed E-state index contributed by atoms with van der Waals surface area (Å²) in [6.07, 6.45) is 15.8. The van der Waals surface area contributed by atoms with E-state index in [0.717, 1.165) is 53.7 Å². The molecule has 0 radical (unpaired) electrons. The van der Waals surface area contributed by atoms with Crippen LogP contribution in [0.1, 0.15) is 89.8 Å². The van der Waals surface area contributed by atoms with Crippen LogP contribution in [0.3, 0.4) is 0 Å². The number of fused-ring (bicyclic) bond motifs is 4. The number of methoxy groups -OCH3 is 1. The molecule has 1 spiro atoms. The second-order valence-corrected chi connectivity index (χ2v) is 13.1.